The second-order valence-electron chi connectivity index (χ2n) is 3.31. The van der Waals surface area contributed by atoms with Crippen molar-refractivity contribution in [3.63, 3.8) is 0 Å². The molecule has 17 heavy (non-hydrogen) atoms. The van der Waals surface area contributed by atoms with Gasteiger partial charge in [0.25, 0.3) is 0 Å². The molecule has 0 bridgehead atoms. The van der Waals surface area contributed by atoms with Gasteiger partial charge in [-0.1, -0.05) is 30.3 Å². The molecule has 1 heterocycles. The fourth-order valence-corrected chi connectivity index (χ4v) is 2.86. The van der Waals surface area contributed by atoms with E-state index in [-0.39, 0.29) is 5.01 Å². The molecule has 0 fully saturated rings. The molecule has 0 radical (unpaired) electrons. The first-order valence-corrected chi connectivity index (χ1v) is 7.14. The van der Waals surface area contributed by atoms with Crippen molar-refractivity contribution >= 4 is 18.9 Å². The molecule has 2 aromatic rings. The van der Waals surface area contributed by atoms with Crippen LogP contribution in [0.5, 0.6) is 0 Å². The van der Waals surface area contributed by atoms with E-state index < -0.39 is 13.5 Å². The van der Waals surface area contributed by atoms with Crippen LogP contribution in [0.4, 0.5) is 4.39 Å². The number of nitrogens with zero attached hydrogens (tertiary/aromatic N) is 1. The Labute approximate surface area is 101 Å². The molecule has 2 rings (SSSR count). The van der Waals surface area contributed by atoms with Crippen LogP contribution in [0.15, 0.2) is 35.7 Å². The summed E-state index contributed by atoms with van der Waals surface area (Å²) in [7, 11) is -5.28. The van der Waals surface area contributed by atoms with Gasteiger partial charge in [0, 0.05) is 10.9 Å². The summed E-state index contributed by atoms with van der Waals surface area (Å²) in [5.74, 6) is -2.56. The first kappa shape index (κ1) is 12.4. The van der Waals surface area contributed by atoms with Crippen LogP contribution in [0.2, 0.25) is 0 Å². The van der Waals surface area contributed by atoms with E-state index in [0.717, 1.165) is 16.9 Å². The Morgan fingerprint density at radius 2 is 1.94 bits per heavy atom. The summed E-state index contributed by atoms with van der Waals surface area (Å²) in [5.41, 5.74) is 1.20. The van der Waals surface area contributed by atoms with Crippen LogP contribution in [-0.4, -0.2) is 4.98 Å². The minimum atomic E-state index is -5.28. The molecule has 0 aliphatic rings. The molecular formula is C10H7FNO3PS-2. The number of hydrogen-bond acceptors (Lipinski definition) is 5. The summed E-state index contributed by atoms with van der Waals surface area (Å²) in [6.07, 6.45) is 0. The predicted octanol–water partition coefficient (Wildman–Crippen LogP) is 1.69. The number of hydrogen-bond donors (Lipinski definition) is 0. The van der Waals surface area contributed by atoms with Crippen LogP contribution in [0.1, 0.15) is 10.9 Å². The molecule has 0 aliphatic carbocycles. The van der Waals surface area contributed by atoms with Gasteiger partial charge in [-0.15, -0.1) is 11.3 Å². The molecule has 4 nitrogen and oxygen atoms in total. The number of halogens is 1. The van der Waals surface area contributed by atoms with Gasteiger partial charge in [-0.05, 0) is 7.60 Å². The molecule has 0 saturated carbocycles. The van der Waals surface area contributed by atoms with Crippen LogP contribution in [0.25, 0.3) is 11.3 Å². The minimum absolute atomic E-state index is 0.322. The van der Waals surface area contributed by atoms with Crippen LogP contribution in [0.3, 0.4) is 0 Å². The van der Waals surface area contributed by atoms with Gasteiger partial charge in [0.2, 0.25) is 0 Å². The van der Waals surface area contributed by atoms with Crippen molar-refractivity contribution in [3.05, 3.63) is 40.7 Å². The van der Waals surface area contributed by atoms with E-state index in [4.69, 9.17) is 0 Å². The monoisotopic (exact) mass is 271 g/mol. The average molecular weight is 271 g/mol. The highest BCUT2D eigenvalue weighted by Crippen LogP contribution is 2.46. The van der Waals surface area contributed by atoms with Gasteiger partial charge in [-0.25, -0.2) is 9.37 Å². The van der Waals surface area contributed by atoms with Crippen molar-refractivity contribution in [1.29, 1.82) is 0 Å². The molecule has 7 heteroatoms. The Hall–Kier alpha value is -1.07. The van der Waals surface area contributed by atoms with Crippen molar-refractivity contribution < 1.29 is 18.7 Å². The Balaban J connectivity index is 2.32. The van der Waals surface area contributed by atoms with Crippen molar-refractivity contribution in [1.82, 2.24) is 4.98 Å². The molecule has 90 valence electrons. The van der Waals surface area contributed by atoms with Crippen molar-refractivity contribution in [2.75, 3.05) is 0 Å². The molecule has 0 N–H and O–H groups in total. The number of thiazole rings is 1. The molecule has 1 aromatic heterocycles. The van der Waals surface area contributed by atoms with Crippen molar-refractivity contribution in [2.24, 2.45) is 0 Å². The molecule has 0 amide bonds. The third-order valence-electron chi connectivity index (χ3n) is 2.07. The Morgan fingerprint density at radius 3 is 2.53 bits per heavy atom. The minimum Gasteiger partial charge on any atom is -0.808 e. The van der Waals surface area contributed by atoms with Crippen molar-refractivity contribution in [3.8, 4) is 11.3 Å². The van der Waals surface area contributed by atoms with E-state index in [9.17, 15) is 18.7 Å². The number of aromatic nitrogens is 1. The molecule has 1 aromatic carbocycles. The van der Waals surface area contributed by atoms with Gasteiger partial charge in [0.15, 0.2) is 5.91 Å². The maximum absolute atomic E-state index is 13.2. The molecule has 0 aliphatic heterocycles. The highest BCUT2D eigenvalue weighted by Gasteiger charge is 2.18. The van der Waals surface area contributed by atoms with Gasteiger partial charge in [-0.3, -0.25) is 0 Å². The lowest BCUT2D eigenvalue weighted by atomic mass is 10.2. The Morgan fingerprint density at radius 1 is 1.29 bits per heavy atom. The van der Waals surface area contributed by atoms with Gasteiger partial charge in [-0.2, -0.15) is 0 Å². The second-order valence-corrected chi connectivity index (χ2v) is 5.74. The van der Waals surface area contributed by atoms with Gasteiger partial charge in [0.1, 0.15) is 5.01 Å². The van der Waals surface area contributed by atoms with Gasteiger partial charge in [0.05, 0.1) is 5.69 Å². The average Bonchev–Trinajstić information content (AvgIpc) is 2.77. The first-order chi connectivity index (χ1) is 7.98. The third-order valence-corrected chi connectivity index (χ3v) is 3.93. The van der Waals surface area contributed by atoms with E-state index in [0.29, 0.717) is 5.69 Å². The topological polar surface area (TPSA) is 76.1 Å². The SMILES string of the molecule is O=P([O-])([O-])C(F)c1nc(-c2ccccc2)cs1. The van der Waals surface area contributed by atoms with E-state index in [1.54, 1.807) is 24.3 Å². The quantitative estimate of drug-likeness (QED) is 0.796. The molecule has 0 saturated heterocycles. The van der Waals surface area contributed by atoms with E-state index >= 15 is 0 Å². The summed E-state index contributed by atoms with van der Waals surface area (Å²) in [5, 5.41) is 1.20. The largest absolute Gasteiger partial charge is 0.808 e. The maximum Gasteiger partial charge on any atom is 0.177 e. The summed E-state index contributed by atoms with van der Waals surface area (Å²) in [6.45, 7) is 0. The molecule has 1 unspecified atom stereocenters. The number of rotatable bonds is 3. The standard InChI is InChI=1S/C10H9FNO3PS/c11-9(16(13,14)15)10-12-8(6-17-10)7-4-2-1-3-5-7/h1-6,9H,(H2,13,14,15)/p-2. The zero-order chi connectivity index (χ0) is 12.5. The highest BCUT2D eigenvalue weighted by atomic mass is 32.1. The van der Waals surface area contributed by atoms with Crippen LogP contribution >= 0.6 is 18.9 Å². The number of alkyl halides is 1. The molecule has 1 atom stereocenters. The maximum atomic E-state index is 13.2. The first-order valence-electron chi connectivity index (χ1n) is 4.65. The van der Waals surface area contributed by atoms with E-state index in [2.05, 4.69) is 4.98 Å². The van der Waals surface area contributed by atoms with Crippen molar-refractivity contribution in [2.45, 2.75) is 5.91 Å². The summed E-state index contributed by atoms with van der Waals surface area (Å²) in [6, 6.07) is 8.92. The van der Waals surface area contributed by atoms with Crippen LogP contribution in [-0.2, 0) is 4.57 Å². The van der Waals surface area contributed by atoms with E-state index in [1.165, 1.54) is 5.38 Å². The zero-order valence-electron chi connectivity index (χ0n) is 8.45. The fourth-order valence-electron chi connectivity index (χ4n) is 1.27. The second kappa shape index (κ2) is 4.66. The van der Waals surface area contributed by atoms with Gasteiger partial charge < -0.3 is 14.4 Å². The lowest BCUT2D eigenvalue weighted by molar-refractivity contribution is -0.320. The van der Waals surface area contributed by atoms with Gasteiger partial charge >= 0.3 is 0 Å². The Bertz CT molecular complexity index is 554. The summed E-state index contributed by atoms with van der Waals surface area (Å²) in [4.78, 5) is 24.9. The number of benzene rings is 1. The molecule has 0 spiro atoms. The van der Waals surface area contributed by atoms with Crippen LogP contribution < -0.4 is 9.79 Å². The lowest BCUT2D eigenvalue weighted by Crippen LogP contribution is -2.18. The normalized spacial score (nSPS) is 13.6. The van der Waals surface area contributed by atoms with Crippen LogP contribution in [0, 0.1) is 0 Å². The fraction of sp³-hybridized carbons (Fsp3) is 0.100. The Kier molecular flexibility index (Phi) is 3.40. The van der Waals surface area contributed by atoms with E-state index in [1.807, 2.05) is 6.07 Å². The smallest absolute Gasteiger partial charge is 0.177 e. The third kappa shape index (κ3) is 2.79. The highest BCUT2D eigenvalue weighted by molar-refractivity contribution is 7.49. The summed E-state index contributed by atoms with van der Waals surface area (Å²) < 4.78 is 23.8. The lowest BCUT2D eigenvalue weighted by Gasteiger charge is -2.31. The zero-order valence-corrected chi connectivity index (χ0v) is 10.2. The molecular weight excluding hydrogens is 264 g/mol. The predicted molar refractivity (Wildman–Crippen MR) is 59.0 cm³/mol. The summed E-state index contributed by atoms with van der Waals surface area (Å²) >= 11 is 0.821.